The van der Waals surface area contributed by atoms with E-state index < -0.39 is 12.6 Å². The van der Waals surface area contributed by atoms with Crippen molar-refractivity contribution in [2.24, 2.45) is 0 Å². The third kappa shape index (κ3) is 17.7. The van der Waals surface area contributed by atoms with Gasteiger partial charge in [0.1, 0.15) is 6.61 Å². The highest BCUT2D eigenvalue weighted by molar-refractivity contribution is 5.86. The highest BCUT2D eigenvalue weighted by Crippen LogP contribution is 1.56. The number of aliphatic hydroxyl groups excluding tert-OH is 1. The van der Waals surface area contributed by atoms with Gasteiger partial charge in [-0.2, -0.15) is 0 Å². The SMILES string of the molecule is C=CC(=O)NC.O=C(O)CO. The Morgan fingerprint density at radius 2 is 2.00 bits per heavy atom. The molecule has 0 aromatic heterocycles. The summed E-state index contributed by atoms with van der Waals surface area (Å²) in [5.74, 6) is -1.33. The summed E-state index contributed by atoms with van der Waals surface area (Å²) >= 11 is 0. The summed E-state index contributed by atoms with van der Waals surface area (Å²) in [6.45, 7) is 2.44. The predicted octanol–water partition coefficient (Wildman–Crippen LogP) is -1.02. The molecule has 0 atom stereocenters. The molecule has 0 rings (SSSR count). The quantitative estimate of drug-likeness (QED) is 0.452. The van der Waals surface area contributed by atoms with Crippen molar-refractivity contribution in [2.45, 2.75) is 0 Å². The van der Waals surface area contributed by atoms with Crippen LogP contribution >= 0.6 is 0 Å². The van der Waals surface area contributed by atoms with Crippen molar-refractivity contribution in [3.8, 4) is 0 Å². The number of aliphatic carboxylic acids is 1. The molecule has 5 heteroatoms. The van der Waals surface area contributed by atoms with E-state index in [0.717, 1.165) is 0 Å². The lowest BCUT2D eigenvalue weighted by atomic mass is 10.6. The minimum Gasteiger partial charge on any atom is -0.480 e. The van der Waals surface area contributed by atoms with E-state index in [1.807, 2.05) is 0 Å². The molecule has 11 heavy (non-hydrogen) atoms. The smallest absolute Gasteiger partial charge is 0.329 e. The second-order valence-corrected chi connectivity index (χ2v) is 1.37. The summed E-state index contributed by atoms with van der Waals surface area (Å²) in [5, 5.41) is 17.4. The molecule has 0 aromatic carbocycles. The molecule has 0 saturated heterocycles. The molecule has 5 nitrogen and oxygen atoms in total. The van der Waals surface area contributed by atoms with Gasteiger partial charge in [-0.15, -0.1) is 0 Å². The summed E-state index contributed by atoms with van der Waals surface area (Å²) in [4.78, 5) is 19.1. The lowest BCUT2D eigenvalue weighted by Crippen LogP contribution is -2.13. The van der Waals surface area contributed by atoms with Crippen LogP contribution in [0, 0.1) is 0 Å². The van der Waals surface area contributed by atoms with Gasteiger partial charge in [-0.05, 0) is 6.08 Å². The van der Waals surface area contributed by atoms with Crippen LogP contribution in [0.3, 0.4) is 0 Å². The number of carbonyl (C=O) groups excluding carboxylic acids is 1. The number of hydrogen-bond donors (Lipinski definition) is 3. The van der Waals surface area contributed by atoms with Crippen LogP contribution in [0.4, 0.5) is 0 Å². The fraction of sp³-hybridized carbons (Fsp3) is 0.333. The van der Waals surface area contributed by atoms with Crippen LogP contribution < -0.4 is 5.32 Å². The molecule has 0 heterocycles. The number of hydrogen-bond acceptors (Lipinski definition) is 3. The molecule has 0 bridgehead atoms. The van der Waals surface area contributed by atoms with Gasteiger partial charge in [0.15, 0.2) is 0 Å². The summed E-state index contributed by atoms with van der Waals surface area (Å²) in [6, 6.07) is 0. The molecule has 0 fully saturated rings. The standard InChI is InChI=1S/C4H7NO.C2H4O3/c1-3-4(6)5-2;3-1-2(4)5/h3H,1H2,2H3,(H,5,6);3H,1H2,(H,4,5). The Morgan fingerprint density at radius 3 is 2.00 bits per heavy atom. The third-order valence-corrected chi connectivity index (χ3v) is 0.567. The van der Waals surface area contributed by atoms with Crippen LogP contribution in [0.5, 0.6) is 0 Å². The Bertz CT molecular complexity index is 144. The highest BCUT2D eigenvalue weighted by Gasteiger charge is 1.82. The van der Waals surface area contributed by atoms with Gasteiger partial charge >= 0.3 is 5.97 Å². The number of likely N-dealkylation sites (N-methyl/N-ethyl adjacent to an activating group) is 1. The van der Waals surface area contributed by atoms with E-state index >= 15 is 0 Å². The molecule has 3 N–H and O–H groups in total. The van der Waals surface area contributed by atoms with Crippen LogP contribution in [0.15, 0.2) is 12.7 Å². The molecule has 64 valence electrons. The van der Waals surface area contributed by atoms with Crippen molar-refractivity contribution < 1.29 is 19.8 Å². The molecular formula is C6H11NO4. The van der Waals surface area contributed by atoms with Gasteiger partial charge in [0.05, 0.1) is 0 Å². The van der Waals surface area contributed by atoms with Crippen molar-refractivity contribution in [1.82, 2.24) is 5.32 Å². The Morgan fingerprint density at radius 1 is 1.64 bits per heavy atom. The number of aliphatic hydroxyl groups is 1. The lowest BCUT2D eigenvalue weighted by molar-refractivity contribution is -0.140. The Balaban J connectivity index is 0. The fourth-order valence-corrected chi connectivity index (χ4v) is 0.102. The Labute approximate surface area is 64.3 Å². The minimum absolute atomic E-state index is 0.144. The number of carboxylic acids is 1. The molecule has 1 amide bonds. The summed E-state index contributed by atoms with van der Waals surface area (Å²) in [6.07, 6.45) is 1.22. The molecule has 0 aliphatic carbocycles. The van der Waals surface area contributed by atoms with Gasteiger partial charge in [0.2, 0.25) is 5.91 Å². The average Bonchev–Trinajstić information content (AvgIpc) is 2.04. The molecule has 0 aliphatic rings. The van der Waals surface area contributed by atoms with Crippen molar-refractivity contribution in [1.29, 1.82) is 0 Å². The highest BCUT2D eigenvalue weighted by atomic mass is 16.4. The zero-order chi connectivity index (χ0) is 9.28. The molecule has 0 aromatic rings. The van der Waals surface area contributed by atoms with Crippen LogP contribution in [0.1, 0.15) is 0 Å². The van der Waals surface area contributed by atoms with Crippen molar-refractivity contribution >= 4 is 11.9 Å². The summed E-state index contributed by atoms with van der Waals surface area (Å²) < 4.78 is 0. The van der Waals surface area contributed by atoms with Gasteiger partial charge in [-0.1, -0.05) is 6.58 Å². The normalized spacial score (nSPS) is 7.09. The number of rotatable bonds is 2. The second-order valence-electron chi connectivity index (χ2n) is 1.37. The maximum Gasteiger partial charge on any atom is 0.329 e. The van der Waals surface area contributed by atoms with E-state index in [-0.39, 0.29) is 5.91 Å². The van der Waals surface area contributed by atoms with Gasteiger partial charge in [-0.3, -0.25) is 4.79 Å². The molecule has 0 unspecified atom stereocenters. The third-order valence-electron chi connectivity index (χ3n) is 0.567. The van der Waals surface area contributed by atoms with Crippen molar-refractivity contribution in [3.05, 3.63) is 12.7 Å². The maximum absolute atomic E-state index is 9.95. The van der Waals surface area contributed by atoms with E-state index in [4.69, 9.17) is 15.0 Å². The topological polar surface area (TPSA) is 86.6 Å². The van der Waals surface area contributed by atoms with Crippen LogP contribution in [-0.2, 0) is 9.59 Å². The zero-order valence-corrected chi connectivity index (χ0v) is 6.20. The maximum atomic E-state index is 9.95. The summed E-state index contributed by atoms with van der Waals surface area (Å²) in [7, 11) is 1.56. The first-order chi connectivity index (χ1) is 5.08. The molecule has 0 spiro atoms. The first-order valence-corrected chi connectivity index (χ1v) is 2.75. The lowest BCUT2D eigenvalue weighted by Gasteiger charge is -1.82. The molecule has 0 aliphatic heterocycles. The predicted molar refractivity (Wildman–Crippen MR) is 39.0 cm³/mol. The Hall–Kier alpha value is -1.36. The number of amides is 1. The largest absolute Gasteiger partial charge is 0.480 e. The van der Waals surface area contributed by atoms with E-state index in [2.05, 4.69) is 11.9 Å². The number of nitrogens with one attached hydrogen (secondary N) is 1. The minimum atomic E-state index is -1.19. The molecule has 0 radical (unpaired) electrons. The first kappa shape index (κ1) is 12.3. The van der Waals surface area contributed by atoms with Gasteiger partial charge in [0.25, 0.3) is 0 Å². The monoisotopic (exact) mass is 161 g/mol. The molecule has 0 saturated carbocycles. The van der Waals surface area contributed by atoms with E-state index in [1.165, 1.54) is 6.08 Å². The number of carbonyl (C=O) groups is 2. The van der Waals surface area contributed by atoms with Crippen LogP contribution in [-0.4, -0.2) is 35.7 Å². The second kappa shape index (κ2) is 8.64. The number of carboxylic acid groups (broad SMARTS) is 1. The average molecular weight is 161 g/mol. The Kier molecular flexibility index (Phi) is 9.68. The van der Waals surface area contributed by atoms with Crippen molar-refractivity contribution in [3.63, 3.8) is 0 Å². The van der Waals surface area contributed by atoms with Crippen LogP contribution in [0.25, 0.3) is 0 Å². The van der Waals surface area contributed by atoms with Crippen LogP contribution in [0.2, 0.25) is 0 Å². The zero-order valence-electron chi connectivity index (χ0n) is 6.20. The van der Waals surface area contributed by atoms with Gasteiger partial charge in [-0.25, -0.2) is 4.79 Å². The van der Waals surface area contributed by atoms with E-state index in [1.54, 1.807) is 7.05 Å². The first-order valence-electron chi connectivity index (χ1n) is 2.75. The van der Waals surface area contributed by atoms with Crippen molar-refractivity contribution in [2.75, 3.05) is 13.7 Å². The molecular weight excluding hydrogens is 150 g/mol. The summed E-state index contributed by atoms with van der Waals surface area (Å²) in [5.41, 5.74) is 0. The fourth-order valence-electron chi connectivity index (χ4n) is 0.102. The van der Waals surface area contributed by atoms with E-state index in [9.17, 15) is 4.79 Å². The van der Waals surface area contributed by atoms with Gasteiger partial charge in [0, 0.05) is 7.05 Å². The van der Waals surface area contributed by atoms with Gasteiger partial charge < -0.3 is 15.5 Å². The van der Waals surface area contributed by atoms with E-state index in [0.29, 0.717) is 0 Å².